The highest BCUT2D eigenvalue weighted by Crippen LogP contribution is 2.57. The van der Waals surface area contributed by atoms with E-state index >= 15 is 0 Å². The molecule has 0 radical (unpaired) electrons. The SMILES string of the molecule is CCC(C)c1ccc(OC2CC3CC2C2OC32)cc1. The maximum absolute atomic E-state index is 6.19. The minimum Gasteiger partial charge on any atom is -0.490 e. The molecule has 2 bridgehead atoms. The van der Waals surface area contributed by atoms with Crippen LogP contribution in [0.1, 0.15) is 44.6 Å². The first-order valence-corrected chi connectivity index (χ1v) is 7.68. The first-order valence-electron chi connectivity index (χ1n) is 7.68. The van der Waals surface area contributed by atoms with Gasteiger partial charge in [-0.3, -0.25) is 0 Å². The molecule has 0 aromatic heterocycles. The van der Waals surface area contributed by atoms with Crippen molar-refractivity contribution in [2.45, 2.75) is 57.3 Å². The van der Waals surface area contributed by atoms with Crippen molar-refractivity contribution >= 4 is 0 Å². The van der Waals surface area contributed by atoms with Crippen LogP contribution in [0, 0.1) is 11.8 Å². The minimum atomic E-state index is 0.392. The number of fused-ring (bicyclic) bond motifs is 5. The summed E-state index contributed by atoms with van der Waals surface area (Å²) in [6.45, 7) is 4.51. The fourth-order valence-electron chi connectivity index (χ4n) is 3.97. The second kappa shape index (κ2) is 4.24. The number of hydrogen-bond acceptors (Lipinski definition) is 2. The lowest BCUT2D eigenvalue weighted by atomic mass is 9.97. The quantitative estimate of drug-likeness (QED) is 0.767. The third-order valence-electron chi connectivity index (χ3n) is 5.38. The lowest BCUT2D eigenvalue weighted by Crippen LogP contribution is -2.28. The lowest BCUT2D eigenvalue weighted by molar-refractivity contribution is 0.137. The molecule has 6 unspecified atom stereocenters. The number of rotatable bonds is 4. The van der Waals surface area contributed by atoms with Crippen LogP contribution in [-0.4, -0.2) is 18.3 Å². The Balaban J connectivity index is 1.43. The number of epoxide rings is 1. The Bertz CT molecular complexity index is 467. The fourth-order valence-corrected chi connectivity index (χ4v) is 3.97. The van der Waals surface area contributed by atoms with E-state index in [4.69, 9.17) is 9.47 Å². The second-order valence-electron chi connectivity index (χ2n) is 6.50. The molecule has 1 aliphatic heterocycles. The van der Waals surface area contributed by atoms with Gasteiger partial charge in [-0.15, -0.1) is 0 Å². The summed E-state index contributed by atoms with van der Waals surface area (Å²) < 4.78 is 11.9. The van der Waals surface area contributed by atoms with Crippen molar-refractivity contribution in [1.29, 1.82) is 0 Å². The van der Waals surface area contributed by atoms with Crippen LogP contribution >= 0.6 is 0 Å². The summed E-state index contributed by atoms with van der Waals surface area (Å²) in [5.41, 5.74) is 1.41. The maximum atomic E-state index is 6.19. The molecule has 2 aliphatic carbocycles. The number of hydrogen-bond donors (Lipinski definition) is 0. The largest absolute Gasteiger partial charge is 0.490 e. The molecule has 1 aromatic rings. The van der Waals surface area contributed by atoms with Gasteiger partial charge in [0.25, 0.3) is 0 Å². The normalized spacial score (nSPS) is 40.0. The van der Waals surface area contributed by atoms with Crippen molar-refractivity contribution in [3.63, 3.8) is 0 Å². The summed E-state index contributed by atoms with van der Waals surface area (Å²) in [5, 5.41) is 0. The van der Waals surface area contributed by atoms with Gasteiger partial charge in [0.1, 0.15) is 11.9 Å². The molecule has 102 valence electrons. The molecule has 1 saturated heterocycles. The van der Waals surface area contributed by atoms with E-state index in [1.165, 1.54) is 24.8 Å². The molecule has 0 amide bonds. The molecule has 1 aromatic carbocycles. The van der Waals surface area contributed by atoms with Crippen LogP contribution < -0.4 is 4.74 Å². The zero-order chi connectivity index (χ0) is 13.0. The Kier molecular flexibility index (Phi) is 2.63. The summed E-state index contributed by atoms with van der Waals surface area (Å²) in [4.78, 5) is 0. The minimum absolute atomic E-state index is 0.392. The Morgan fingerprint density at radius 3 is 2.63 bits per heavy atom. The van der Waals surface area contributed by atoms with Gasteiger partial charge < -0.3 is 9.47 Å². The van der Waals surface area contributed by atoms with Crippen LogP contribution in [0.5, 0.6) is 5.75 Å². The molecule has 2 nitrogen and oxygen atoms in total. The van der Waals surface area contributed by atoms with E-state index in [1.807, 2.05) is 0 Å². The van der Waals surface area contributed by atoms with Crippen LogP contribution in [0.3, 0.4) is 0 Å². The van der Waals surface area contributed by atoms with Crippen LogP contribution in [0.15, 0.2) is 24.3 Å². The monoisotopic (exact) mass is 258 g/mol. The summed E-state index contributed by atoms with van der Waals surface area (Å²) in [7, 11) is 0. The lowest BCUT2D eigenvalue weighted by Gasteiger charge is -2.21. The Morgan fingerprint density at radius 1 is 1.21 bits per heavy atom. The molecule has 19 heavy (non-hydrogen) atoms. The molecule has 1 heterocycles. The van der Waals surface area contributed by atoms with Crippen LogP contribution in [-0.2, 0) is 4.74 Å². The summed E-state index contributed by atoms with van der Waals surface area (Å²) >= 11 is 0. The summed E-state index contributed by atoms with van der Waals surface area (Å²) in [5.74, 6) is 3.10. The second-order valence-corrected chi connectivity index (χ2v) is 6.50. The molecule has 2 saturated carbocycles. The summed E-state index contributed by atoms with van der Waals surface area (Å²) in [6, 6.07) is 8.71. The van der Waals surface area contributed by atoms with Gasteiger partial charge in [-0.25, -0.2) is 0 Å². The Hall–Kier alpha value is -1.02. The van der Waals surface area contributed by atoms with Crippen molar-refractivity contribution in [2.24, 2.45) is 11.8 Å². The van der Waals surface area contributed by atoms with E-state index in [9.17, 15) is 0 Å². The first kappa shape index (κ1) is 11.8. The smallest absolute Gasteiger partial charge is 0.119 e. The molecule has 3 aliphatic rings. The van der Waals surface area contributed by atoms with Crippen molar-refractivity contribution in [2.75, 3.05) is 0 Å². The van der Waals surface area contributed by atoms with Gasteiger partial charge >= 0.3 is 0 Å². The average molecular weight is 258 g/mol. The van der Waals surface area contributed by atoms with E-state index in [0.717, 1.165) is 11.7 Å². The van der Waals surface area contributed by atoms with Crippen molar-refractivity contribution < 1.29 is 9.47 Å². The first-order chi connectivity index (χ1) is 9.26. The van der Waals surface area contributed by atoms with Crippen LogP contribution in [0.2, 0.25) is 0 Å². The molecule has 3 fully saturated rings. The van der Waals surface area contributed by atoms with Crippen molar-refractivity contribution in [1.82, 2.24) is 0 Å². The van der Waals surface area contributed by atoms with E-state index in [-0.39, 0.29) is 0 Å². The van der Waals surface area contributed by atoms with Gasteiger partial charge in [0.15, 0.2) is 0 Å². The fraction of sp³-hybridized carbons (Fsp3) is 0.647. The van der Waals surface area contributed by atoms with Gasteiger partial charge in [-0.1, -0.05) is 26.0 Å². The molecular formula is C17H22O2. The highest BCUT2D eigenvalue weighted by atomic mass is 16.6. The predicted molar refractivity (Wildman–Crippen MR) is 74.4 cm³/mol. The van der Waals surface area contributed by atoms with Gasteiger partial charge in [0.05, 0.1) is 12.2 Å². The summed E-state index contributed by atoms with van der Waals surface area (Å²) in [6.07, 6.45) is 5.22. The molecule has 4 rings (SSSR count). The van der Waals surface area contributed by atoms with Crippen molar-refractivity contribution in [3.05, 3.63) is 29.8 Å². The van der Waals surface area contributed by atoms with Gasteiger partial charge in [0.2, 0.25) is 0 Å². The molecule has 2 heteroatoms. The molecular weight excluding hydrogens is 236 g/mol. The molecule has 6 atom stereocenters. The third-order valence-corrected chi connectivity index (χ3v) is 5.38. The highest BCUT2D eigenvalue weighted by molar-refractivity contribution is 5.30. The standard InChI is InChI=1S/C17H22O2/c1-3-10(2)11-4-6-13(7-5-11)18-15-9-12-8-14(15)17-16(12)19-17/h4-7,10,12,14-17H,3,8-9H2,1-2H3. The van der Waals surface area contributed by atoms with E-state index in [2.05, 4.69) is 38.1 Å². The van der Waals surface area contributed by atoms with Crippen molar-refractivity contribution in [3.8, 4) is 5.75 Å². The van der Waals surface area contributed by atoms with Crippen LogP contribution in [0.4, 0.5) is 0 Å². The van der Waals surface area contributed by atoms with Gasteiger partial charge in [-0.2, -0.15) is 0 Å². The van der Waals surface area contributed by atoms with Crippen LogP contribution in [0.25, 0.3) is 0 Å². The third kappa shape index (κ3) is 1.88. The van der Waals surface area contributed by atoms with E-state index in [1.54, 1.807) is 0 Å². The predicted octanol–water partition coefficient (Wildman–Crippen LogP) is 3.75. The number of ether oxygens (including phenoxy) is 2. The highest BCUT2D eigenvalue weighted by Gasteiger charge is 2.64. The Morgan fingerprint density at radius 2 is 2.00 bits per heavy atom. The maximum Gasteiger partial charge on any atom is 0.119 e. The van der Waals surface area contributed by atoms with E-state index in [0.29, 0.717) is 30.1 Å². The Labute approximate surface area is 115 Å². The zero-order valence-corrected chi connectivity index (χ0v) is 11.7. The number of benzene rings is 1. The van der Waals surface area contributed by atoms with Gasteiger partial charge in [-0.05, 0) is 48.8 Å². The molecule has 0 N–H and O–H groups in total. The van der Waals surface area contributed by atoms with E-state index < -0.39 is 0 Å². The molecule has 0 spiro atoms. The zero-order valence-electron chi connectivity index (χ0n) is 11.7. The topological polar surface area (TPSA) is 21.8 Å². The van der Waals surface area contributed by atoms with Gasteiger partial charge in [0, 0.05) is 5.92 Å². The average Bonchev–Trinajstić information content (AvgIpc) is 3.06.